The number of hydrogen-bond donors (Lipinski definition) is 2. The van der Waals surface area contributed by atoms with E-state index < -0.39 is 0 Å². The van der Waals surface area contributed by atoms with Crippen LogP contribution in [0.5, 0.6) is 5.75 Å². The lowest BCUT2D eigenvalue weighted by Crippen LogP contribution is -2.41. The second-order valence-electron chi connectivity index (χ2n) is 5.15. The van der Waals surface area contributed by atoms with E-state index >= 15 is 0 Å². The first-order valence-corrected chi connectivity index (χ1v) is 8.07. The molecule has 1 aliphatic rings. The minimum Gasteiger partial charge on any atom is -0.508 e. The van der Waals surface area contributed by atoms with E-state index in [0.717, 1.165) is 5.25 Å². The molecule has 0 aliphatic heterocycles. The van der Waals surface area contributed by atoms with Gasteiger partial charge < -0.3 is 10.4 Å². The van der Waals surface area contributed by atoms with Crippen LogP contribution in [-0.2, 0) is 0 Å². The van der Waals surface area contributed by atoms with Gasteiger partial charge in [-0.05, 0) is 43.7 Å². The Morgan fingerprint density at radius 2 is 2.11 bits per heavy atom. The van der Waals surface area contributed by atoms with Crippen molar-refractivity contribution in [3.63, 3.8) is 0 Å². The van der Waals surface area contributed by atoms with Crippen LogP contribution in [-0.4, -0.2) is 22.7 Å². The summed E-state index contributed by atoms with van der Waals surface area (Å²) in [6, 6.07) is 8.47. The number of rotatable bonds is 4. The first kappa shape index (κ1) is 13.8. The third kappa shape index (κ3) is 3.42. The van der Waals surface area contributed by atoms with E-state index in [0.29, 0.717) is 17.8 Å². The first-order chi connectivity index (χ1) is 8.70. The zero-order valence-corrected chi connectivity index (χ0v) is 12.0. The van der Waals surface area contributed by atoms with Crippen LogP contribution in [0.25, 0.3) is 0 Å². The molecule has 0 saturated heterocycles. The van der Waals surface area contributed by atoms with Gasteiger partial charge in [0.25, 0.3) is 0 Å². The fraction of sp³-hybridized carbons (Fsp3) is 0.600. The van der Waals surface area contributed by atoms with Crippen LogP contribution in [0, 0.1) is 0 Å². The van der Waals surface area contributed by atoms with Gasteiger partial charge >= 0.3 is 0 Å². The topological polar surface area (TPSA) is 32.3 Å². The van der Waals surface area contributed by atoms with Crippen molar-refractivity contribution in [2.75, 3.05) is 6.26 Å². The molecular weight excluding hydrogens is 242 g/mol. The van der Waals surface area contributed by atoms with Crippen LogP contribution in [0.15, 0.2) is 24.3 Å². The molecule has 0 aromatic heterocycles. The number of hydrogen-bond acceptors (Lipinski definition) is 3. The molecule has 0 amide bonds. The second kappa shape index (κ2) is 6.48. The predicted octanol–water partition coefficient (Wildman–Crippen LogP) is 3.72. The molecule has 1 aromatic carbocycles. The molecule has 18 heavy (non-hydrogen) atoms. The normalized spacial score (nSPS) is 25.9. The van der Waals surface area contributed by atoms with Crippen LogP contribution < -0.4 is 5.32 Å². The van der Waals surface area contributed by atoms with Crippen LogP contribution in [0.3, 0.4) is 0 Å². The largest absolute Gasteiger partial charge is 0.508 e. The molecule has 2 N–H and O–H groups in total. The highest BCUT2D eigenvalue weighted by atomic mass is 32.2. The Morgan fingerprint density at radius 1 is 1.33 bits per heavy atom. The molecule has 1 aliphatic carbocycles. The van der Waals surface area contributed by atoms with Gasteiger partial charge in [0.15, 0.2) is 0 Å². The minimum atomic E-state index is 0.301. The van der Waals surface area contributed by atoms with E-state index in [9.17, 15) is 5.11 Å². The van der Waals surface area contributed by atoms with E-state index in [1.807, 2.05) is 23.9 Å². The van der Waals surface area contributed by atoms with Crippen LogP contribution in [0.2, 0.25) is 0 Å². The summed E-state index contributed by atoms with van der Waals surface area (Å²) < 4.78 is 0. The van der Waals surface area contributed by atoms with E-state index in [1.54, 1.807) is 6.07 Å². The summed E-state index contributed by atoms with van der Waals surface area (Å²) in [5, 5.41) is 14.0. The summed E-state index contributed by atoms with van der Waals surface area (Å²) in [6.45, 7) is 2.18. The van der Waals surface area contributed by atoms with Gasteiger partial charge in [-0.2, -0.15) is 11.8 Å². The summed E-state index contributed by atoms with van der Waals surface area (Å²) in [5.74, 6) is 0.353. The van der Waals surface area contributed by atoms with Gasteiger partial charge in [-0.15, -0.1) is 0 Å². The second-order valence-corrected chi connectivity index (χ2v) is 6.23. The van der Waals surface area contributed by atoms with Gasteiger partial charge in [0, 0.05) is 17.3 Å². The highest BCUT2D eigenvalue weighted by Gasteiger charge is 2.25. The zero-order valence-electron chi connectivity index (χ0n) is 11.2. The van der Waals surface area contributed by atoms with Crippen molar-refractivity contribution in [1.82, 2.24) is 5.32 Å². The molecule has 0 spiro atoms. The molecule has 1 saturated carbocycles. The fourth-order valence-corrected chi connectivity index (χ4v) is 3.73. The van der Waals surface area contributed by atoms with Crippen molar-refractivity contribution in [2.24, 2.45) is 0 Å². The summed E-state index contributed by atoms with van der Waals surface area (Å²) in [7, 11) is 0. The summed E-state index contributed by atoms with van der Waals surface area (Å²) in [4.78, 5) is 0. The molecule has 1 aromatic rings. The Hall–Kier alpha value is -0.670. The maximum atomic E-state index is 9.53. The molecule has 3 unspecified atom stereocenters. The third-order valence-corrected chi connectivity index (χ3v) is 5.01. The van der Waals surface area contributed by atoms with Gasteiger partial charge in [-0.3, -0.25) is 0 Å². The summed E-state index contributed by atoms with van der Waals surface area (Å²) in [5.41, 5.74) is 1.17. The molecule has 0 heterocycles. The highest BCUT2D eigenvalue weighted by molar-refractivity contribution is 7.99. The van der Waals surface area contributed by atoms with E-state index in [1.165, 1.54) is 31.2 Å². The molecule has 2 nitrogen and oxygen atoms in total. The average molecular weight is 265 g/mol. The van der Waals surface area contributed by atoms with Crippen molar-refractivity contribution < 1.29 is 5.11 Å². The third-order valence-electron chi connectivity index (χ3n) is 3.84. The average Bonchev–Trinajstić information content (AvgIpc) is 2.39. The van der Waals surface area contributed by atoms with E-state index in [4.69, 9.17) is 0 Å². The number of nitrogens with one attached hydrogen (secondary N) is 1. The summed E-state index contributed by atoms with van der Waals surface area (Å²) in [6.07, 6.45) is 7.51. The lowest BCUT2D eigenvalue weighted by Gasteiger charge is -2.33. The Balaban J connectivity index is 1.99. The fourth-order valence-electron chi connectivity index (χ4n) is 2.78. The Kier molecular flexibility index (Phi) is 4.95. The van der Waals surface area contributed by atoms with Gasteiger partial charge in [0.2, 0.25) is 0 Å². The molecule has 2 rings (SSSR count). The smallest absolute Gasteiger partial charge is 0.115 e. The number of aromatic hydroxyl groups is 1. The lowest BCUT2D eigenvalue weighted by molar-refractivity contribution is 0.356. The van der Waals surface area contributed by atoms with E-state index in [2.05, 4.69) is 24.6 Å². The van der Waals surface area contributed by atoms with Crippen molar-refractivity contribution in [2.45, 2.75) is 49.9 Å². The Labute approximate surface area is 114 Å². The number of phenols is 1. The van der Waals surface area contributed by atoms with Crippen molar-refractivity contribution in [3.05, 3.63) is 29.8 Å². The van der Waals surface area contributed by atoms with Crippen LogP contribution >= 0.6 is 11.8 Å². The standard InChI is InChI=1S/C15H23NOS/c1-11(12-6-5-7-13(17)10-12)16-14-8-3-4-9-15(14)18-2/h5-7,10-11,14-17H,3-4,8-9H2,1-2H3. The van der Waals surface area contributed by atoms with Gasteiger partial charge in [0.05, 0.1) is 0 Å². The minimum absolute atomic E-state index is 0.301. The molecule has 100 valence electrons. The van der Waals surface area contributed by atoms with Crippen LogP contribution in [0.4, 0.5) is 0 Å². The van der Waals surface area contributed by atoms with Gasteiger partial charge in [-0.1, -0.05) is 25.0 Å². The SMILES string of the molecule is CSC1CCCCC1NC(C)c1cccc(O)c1. The molecule has 1 fully saturated rings. The number of benzene rings is 1. The predicted molar refractivity (Wildman–Crippen MR) is 79.2 cm³/mol. The van der Waals surface area contributed by atoms with Crippen molar-refractivity contribution in [3.8, 4) is 5.75 Å². The molecule has 0 radical (unpaired) electrons. The summed E-state index contributed by atoms with van der Waals surface area (Å²) >= 11 is 1.98. The zero-order chi connectivity index (χ0) is 13.0. The number of phenolic OH excluding ortho intramolecular Hbond substituents is 1. The number of thioether (sulfide) groups is 1. The van der Waals surface area contributed by atoms with Gasteiger partial charge in [0.1, 0.15) is 5.75 Å². The molecule has 3 heteroatoms. The van der Waals surface area contributed by atoms with Crippen molar-refractivity contribution >= 4 is 11.8 Å². The molecule has 0 bridgehead atoms. The highest BCUT2D eigenvalue weighted by Crippen LogP contribution is 2.29. The molecule has 3 atom stereocenters. The van der Waals surface area contributed by atoms with Crippen molar-refractivity contribution in [1.29, 1.82) is 0 Å². The maximum absolute atomic E-state index is 9.53. The lowest BCUT2D eigenvalue weighted by atomic mass is 9.93. The Morgan fingerprint density at radius 3 is 2.83 bits per heavy atom. The Bertz CT molecular complexity index is 383. The quantitative estimate of drug-likeness (QED) is 0.870. The van der Waals surface area contributed by atoms with E-state index in [-0.39, 0.29) is 0 Å². The van der Waals surface area contributed by atoms with Crippen LogP contribution in [0.1, 0.15) is 44.2 Å². The van der Waals surface area contributed by atoms with Gasteiger partial charge in [-0.25, -0.2) is 0 Å². The maximum Gasteiger partial charge on any atom is 0.115 e. The monoisotopic (exact) mass is 265 g/mol. The first-order valence-electron chi connectivity index (χ1n) is 6.78. The molecular formula is C15H23NOS.